The van der Waals surface area contributed by atoms with E-state index in [9.17, 15) is 0 Å². The topological polar surface area (TPSA) is 18.5 Å². The van der Waals surface area contributed by atoms with Crippen molar-refractivity contribution in [1.29, 1.82) is 0 Å². The predicted octanol–water partition coefficient (Wildman–Crippen LogP) is 5.29. The lowest BCUT2D eigenvalue weighted by atomic mass is 9.94. The van der Waals surface area contributed by atoms with E-state index >= 15 is 0 Å². The van der Waals surface area contributed by atoms with E-state index in [1.54, 1.807) is 14.2 Å². The summed E-state index contributed by atoms with van der Waals surface area (Å²) >= 11 is 0. The van der Waals surface area contributed by atoms with Crippen molar-refractivity contribution in [3.8, 4) is 11.5 Å². The molecule has 3 aromatic carbocycles. The predicted molar refractivity (Wildman–Crippen MR) is 99.4 cm³/mol. The maximum Gasteiger partial charge on any atom is 0.126 e. The molecule has 0 saturated heterocycles. The summed E-state index contributed by atoms with van der Waals surface area (Å²) in [5.74, 6) is 1.68. The van der Waals surface area contributed by atoms with Crippen molar-refractivity contribution in [3.63, 3.8) is 0 Å². The van der Waals surface area contributed by atoms with Crippen LogP contribution in [0.25, 0.3) is 11.6 Å². The minimum atomic E-state index is 0.839. The molecule has 0 unspecified atom stereocenters. The van der Waals surface area contributed by atoms with Crippen LogP contribution < -0.4 is 9.47 Å². The van der Waals surface area contributed by atoms with Gasteiger partial charge in [-0.1, -0.05) is 66.7 Å². The van der Waals surface area contributed by atoms with Crippen LogP contribution in [0.5, 0.6) is 11.5 Å². The second-order valence-electron chi connectivity index (χ2n) is 5.37. The molecule has 120 valence electrons. The first-order valence-corrected chi connectivity index (χ1v) is 7.87. The van der Waals surface area contributed by atoms with Gasteiger partial charge in [-0.15, -0.1) is 0 Å². The van der Waals surface area contributed by atoms with Crippen molar-refractivity contribution in [2.24, 2.45) is 0 Å². The van der Waals surface area contributed by atoms with E-state index in [4.69, 9.17) is 9.47 Å². The summed E-state index contributed by atoms with van der Waals surface area (Å²) in [4.78, 5) is 0. The van der Waals surface area contributed by atoms with Crippen LogP contribution in [-0.2, 0) is 0 Å². The Morgan fingerprint density at radius 3 is 1.58 bits per heavy atom. The zero-order chi connectivity index (χ0) is 16.8. The first-order chi connectivity index (χ1) is 11.8. The lowest BCUT2D eigenvalue weighted by Gasteiger charge is -2.15. The molecular formula is C22H20O2. The molecule has 0 aliphatic heterocycles. The summed E-state index contributed by atoms with van der Waals surface area (Å²) in [7, 11) is 3.39. The highest BCUT2D eigenvalue weighted by Gasteiger charge is 2.14. The Morgan fingerprint density at radius 1 is 0.625 bits per heavy atom. The third kappa shape index (κ3) is 3.33. The Balaban J connectivity index is 2.24. The molecule has 0 aliphatic carbocycles. The number of para-hydroxylation sites is 2. The molecule has 0 atom stereocenters. The quantitative estimate of drug-likeness (QED) is 0.595. The smallest absolute Gasteiger partial charge is 0.126 e. The summed E-state index contributed by atoms with van der Waals surface area (Å²) in [6, 6.07) is 26.3. The molecule has 0 aromatic heterocycles. The Kier molecular flexibility index (Phi) is 4.97. The summed E-state index contributed by atoms with van der Waals surface area (Å²) in [6.45, 7) is 0. The number of methoxy groups -OCH3 is 2. The van der Waals surface area contributed by atoms with Gasteiger partial charge in [0.05, 0.1) is 14.2 Å². The van der Waals surface area contributed by atoms with Crippen LogP contribution in [0, 0.1) is 0 Å². The molecule has 0 N–H and O–H groups in total. The second kappa shape index (κ2) is 7.51. The normalized spacial score (nSPS) is 10.1. The van der Waals surface area contributed by atoms with Crippen molar-refractivity contribution in [3.05, 3.63) is 95.6 Å². The fourth-order valence-electron chi connectivity index (χ4n) is 2.75. The molecule has 0 saturated carbocycles. The van der Waals surface area contributed by atoms with Crippen molar-refractivity contribution >= 4 is 11.6 Å². The lowest BCUT2D eigenvalue weighted by molar-refractivity contribution is 0.411. The molecule has 0 aliphatic rings. The maximum atomic E-state index is 5.58. The Hall–Kier alpha value is -3.00. The summed E-state index contributed by atoms with van der Waals surface area (Å²) < 4.78 is 11.2. The monoisotopic (exact) mass is 316 g/mol. The largest absolute Gasteiger partial charge is 0.496 e. The molecule has 2 nitrogen and oxygen atoms in total. The molecule has 2 heteroatoms. The van der Waals surface area contributed by atoms with E-state index in [0.29, 0.717) is 0 Å². The zero-order valence-corrected chi connectivity index (χ0v) is 13.9. The maximum absolute atomic E-state index is 5.58. The average Bonchev–Trinajstić information content (AvgIpc) is 2.67. The SMILES string of the molecule is COc1ccccc1C(=Cc1ccccc1)c1ccccc1OC. The highest BCUT2D eigenvalue weighted by atomic mass is 16.5. The van der Waals surface area contributed by atoms with Gasteiger partial charge in [-0.2, -0.15) is 0 Å². The van der Waals surface area contributed by atoms with Gasteiger partial charge in [0.15, 0.2) is 0 Å². The van der Waals surface area contributed by atoms with Crippen molar-refractivity contribution in [2.75, 3.05) is 14.2 Å². The van der Waals surface area contributed by atoms with Crippen molar-refractivity contribution in [1.82, 2.24) is 0 Å². The highest BCUT2D eigenvalue weighted by molar-refractivity contribution is 5.95. The molecule has 3 aromatic rings. The second-order valence-corrected chi connectivity index (χ2v) is 5.37. The summed E-state index contributed by atoms with van der Waals surface area (Å²) in [5, 5.41) is 0. The van der Waals surface area contributed by atoms with Gasteiger partial charge in [-0.25, -0.2) is 0 Å². The number of benzene rings is 3. The number of hydrogen-bond acceptors (Lipinski definition) is 2. The van der Waals surface area contributed by atoms with E-state index in [2.05, 4.69) is 30.3 Å². The molecule has 0 bridgehead atoms. The molecule has 3 rings (SSSR count). The van der Waals surface area contributed by atoms with Gasteiger partial charge < -0.3 is 9.47 Å². The van der Waals surface area contributed by atoms with E-state index in [1.165, 1.54) is 0 Å². The molecular weight excluding hydrogens is 296 g/mol. The number of ether oxygens (including phenoxy) is 2. The standard InChI is InChI=1S/C22H20O2/c1-23-21-14-8-6-12-18(21)20(16-17-10-4-3-5-11-17)19-13-7-9-15-22(19)24-2/h3-16H,1-2H3. The summed E-state index contributed by atoms with van der Waals surface area (Å²) in [5.41, 5.74) is 4.27. The highest BCUT2D eigenvalue weighted by Crippen LogP contribution is 2.36. The minimum Gasteiger partial charge on any atom is -0.496 e. The van der Waals surface area contributed by atoms with Gasteiger partial charge in [-0.05, 0) is 29.3 Å². The first-order valence-electron chi connectivity index (χ1n) is 7.87. The first kappa shape index (κ1) is 15.9. The average molecular weight is 316 g/mol. The van der Waals surface area contributed by atoms with Crippen LogP contribution in [0.4, 0.5) is 0 Å². The van der Waals surface area contributed by atoms with E-state index in [1.807, 2.05) is 54.6 Å². The van der Waals surface area contributed by atoms with Crippen LogP contribution in [0.1, 0.15) is 16.7 Å². The number of rotatable bonds is 5. The van der Waals surface area contributed by atoms with Crippen LogP contribution >= 0.6 is 0 Å². The van der Waals surface area contributed by atoms with Gasteiger partial charge in [0.1, 0.15) is 11.5 Å². The number of hydrogen-bond donors (Lipinski definition) is 0. The minimum absolute atomic E-state index is 0.839. The molecule has 24 heavy (non-hydrogen) atoms. The van der Waals surface area contributed by atoms with E-state index < -0.39 is 0 Å². The van der Waals surface area contributed by atoms with Crippen molar-refractivity contribution < 1.29 is 9.47 Å². The third-order valence-corrected chi connectivity index (χ3v) is 3.90. The Bertz CT molecular complexity index is 786. The fraction of sp³-hybridized carbons (Fsp3) is 0.0909. The van der Waals surface area contributed by atoms with Crippen LogP contribution in [0.15, 0.2) is 78.9 Å². The van der Waals surface area contributed by atoms with Crippen molar-refractivity contribution in [2.45, 2.75) is 0 Å². The summed E-state index contributed by atoms with van der Waals surface area (Å²) in [6.07, 6.45) is 2.16. The lowest BCUT2D eigenvalue weighted by Crippen LogP contribution is -1.96. The molecule has 0 radical (unpaired) electrons. The molecule has 0 spiro atoms. The van der Waals surface area contributed by atoms with Crippen LogP contribution in [-0.4, -0.2) is 14.2 Å². The van der Waals surface area contributed by atoms with Crippen LogP contribution in [0.2, 0.25) is 0 Å². The molecule has 0 fully saturated rings. The van der Waals surface area contributed by atoms with Gasteiger partial charge >= 0.3 is 0 Å². The molecule has 0 amide bonds. The van der Waals surface area contributed by atoms with Gasteiger partial charge in [-0.3, -0.25) is 0 Å². The fourth-order valence-corrected chi connectivity index (χ4v) is 2.75. The third-order valence-electron chi connectivity index (χ3n) is 3.90. The van der Waals surface area contributed by atoms with Crippen LogP contribution in [0.3, 0.4) is 0 Å². The van der Waals surface area contributed by atoms with E-state index in [0.717, 1.165) is 33.8 Å². The van der Waals surface area contributed by atoms with E-state index in [-0.39, 0.29) is 0 Å². The van der Waals surface area contributed by atoms with Gasteiger partial charge in [0, 0.05) is 11.1 Å². The Labute approximate surface area is 143 Å². The van der Waals surface area contributed by atoms with Gasteiger partial charge in [0.25, 0.3) is 0 Å². The Morgan fingerprint density at radius 2 is 1.08 bits per heavy atom. The zero-order valence-electron chi connectivity index (χ0n) is 13.9. The molecule has 0 heterocycles. The van der Waals surface area contributed by atoms with Gasteiger partial charge in [0.2, 0.25) is 0 Å².